The van der Waals surface area contributed by atoms with E-state index in [0.29, 0.717) is 6.04 Å². The number of ether oxygens (including phenoxy) is 1. The molecule has 0 bridgehead atoms. The summed E-state index contributed by atoms with van der Waals surface area (Å²) in [5, 5.41) is 5.11. The van der Waals surface area contributed by atoms with Gasteiger partial charge in [0.1, 0.15) is 5.75 Å². The Balaban J connectivity index is 0.00000169. The van der Waals surface area contributed by atoms with E-state index in [1.165, 1.54) is 47.0 Å². The lowest BCUT2D eigenvalue weighted by molar-refractivity contribution is 0.414. The standard InChI is InChI=1S/C20H22N2O.ClH/c1-23-15-11-9-14(10-12-15)13-21-19-8-4-6-17-16-5-2-3-7-18(16)22-20(17)19;/h2-3,5,7,9-12,19,21-22H,4,6,8,13H2,1H3;1H. The number of nitrogens with one attached hydrogen (secondary N) is 2. The minimum atomic E-state index is 0. The molecule has 2 aromatic carbocycles. The minimum Gasteiger partial charge on any atom is -0.497 e. The maximum atomic E-state index is 5.22. The predicted molar refractivity (Wildman–Crippen MR) is 101 cm³/mol. The van der Waals surface area contributed by atoms with Gasteiger partial charge in [-0.2, -0.15) is 0 Å². The van der Waals surface area contributed by atoms with Crippen molar-refractivity contribution in [2.75, 3.05) is 7.11 Å². The van der Waals surface area contributed by atoms with Gasteiger partial charge in [0.2, 0.25) is 0 Å². The molecule has 24 heavy (non-hydrogen) atoms. The molecule has 0 fully saturated rings. The van der Waals surface area contributed by atoms with Crippen molar-refractivity contribution in [3.8, 4) is 5.75 Å². The number of H-pyrrole nitrogens is 1. The molecule has 1 aliphatic carbocycles. The topological polar surface area (TPSA) is 37.0 Å². The number of halogens is 1. The van der Waals surface area contributed by atoms with Gasteiger partial charge in [-0.15, -0.1) is 12.4 Å². The molecule has 1 aromatic heterocycles. The Morgan fingerprint density at radius 3 is 2.71 bits per heavy atom. The smallest absolute Gasteiger partial charge is 0.118 e. The third-order valence-corrected chi connectivity index (χ3v) is 4.83. The van der Waals surface area contributed by atoms with E-state index in [4.69, 9.17) is 4.74 Å². The van der Waals surface area contributed by atoms with Gasteiger partial charge in [-0.05, 0) is 48.6 Å². The van der Waals surface area contributed by atoms with E-state index in [-0.39, 0.29) is 12.4 Å². The van der Waals surface area contributed by atoms with E-state index in [0.717, 1.165) is 12.3 Å². The fourth-order valence-electron chi connectivity index (χ4n) is 3.60. The number of rotatable bonds is 4. The summed E-state index contributed by atoms with van der Waals surface area (Å²) < 4.78 is 5.22. The van der Waals surface area contributed by atoms with Crippen molar-refractivity contribution in [3.63, 3.8) is 0 Å². The Labute approximate surface area is 148 Å². The van der Waals surface area contributed by atoms with Crippen molar-refractivity contribution in [1.82, 2.24) is 10.3 Å². The SMILES string of the molecule is COc1ccc(CNC2CCCc3c2[nH]c2ccccc32)cc1.Cl. The third-order valence-electron chi connectivity index (χ3n) is 4.83. The second kappa shape index (κ2) is 7.29. The molecule has 2 N–H and O–H groups in total. The van der Waals surface area contributed by atoms with Crippen LogP contribution >= 0.6 is 12.4 Å². The second-order valence-electron chi connectivity index (χ2n) is 6.24. The van der Waals surface area contributed by atoms with E-state index >= 15 is 0 Å². The molecule has 126 valence electrons. The van der Waals surface area contributed by atoms with Gasteiger partial charge >= 0.3 is 0 Å². The molecule has 1 heterocycles. The quantitative estimate of drug-likeness (QED) is 0.717. The van der Waals surface area contributed by atoms with Gasteiger partial charge < -0.3 is 15.0 Å². The Kier molecular flexibility index (Phi) is 5.12. The minimum absolute atomic E-state index is 0. The van der Waals surface area contributed by atoms with E-state index in [2.05, 4.69) is 46.7 Å². The fraction of sp³-hybridized carbons (Fsp3) is 0.300. The van der Waals surface area contributed by atoms with E-state index < -0.39 is 0 Å². The first-order chi connectivity index (χ1) is 11.3. The summed E-state index contributed by atoms with van der Waals surface area (Å²) in [5.41, 5.74) is 5.43. The number of methoxy groups -OCH3 is 1. The maximum absolute atomic E-state index is 5.22. The first-order valence-corrected chi connectivity index (χ1v) is 8.31. The van der Waals surface area contributed by atoms with Crippen molar-refractivity contribution >= 4 is 23.3 Å². The summed E-state index contributed by atoms with van der Waals surface area (Å²) in [6, 6.07) is 17.3. The Hall–Kier alpha value is -1.97. The lowest BCUT2D eigenvalue weighted by atomic mass is 9.91. The average Bonchev–Trinajstić information content (AvgIpc) is 3.00. The van der Waals surface area contributed by atoms with Crippen LogP contribution in [0.1, 0.15) is 35.7 Å². The van der Waals surface area contributed by atoms with Gasteiger partial charge in [0.15, 0.2) is 0 Å². The van der Waals surface area contributed by atoms with E-state index in [9.17, 15) is 0 Å². The van der Waals surface area contributed by atoms with Gasteiger partial charge in [-0.25, -0.2) is 0 Å². The maximum Gasteiger partial charge on any atom is 0.118 e. The van der Waals surface area contributed by atoms with Crippen molar-refractivity contribution in [1.29, 1.82) is 0 Å². The van der Waals surface area contributed by atoms with Crippen LogP contribution < -0.4 is 10.1 Å². The molecule has 4 heteroatoms. The Morgan fingerprint density at radius 2 is 1.92 bits per heavy atom. The first-order valence-electron chi connectivity index (χ1n) is 8.31. The number of hydrogen-bond acceptors (Lipinski definition) is 2. The van der Waals surface area contributed by atoms with Crippen LogP contribution in [-0.4, -0.2) is 12.1 Å². The Morgan fingerprint density at radius 1 is 1.12 bits per heavy atom. The van der Waals surface area contributed by atoms with Crippen molar-refractivity contribution in [2.24, 2.45) is 0 Å². The number of aromatic nitrogens is 1. The highest BCUT2D eigenvalue weighted by Crippen LogP contribution is 2.34. The van der Waals surface area contributed by atoms with Crippen LogP contribution in [0, 0.1) is 0 Å². The summed E-state index contributed by atoms with van der Waals surface area (Å²) >= 11 is 0. The zero-order valence-electron chi connectivity index (χ0n) is 13.8. The number of para-hydroxylation sites is 1. The lowest BCUT2D eigenvalue weighted by Crippen LogP contribution is -2.24. The third kappa shape index (κ3) is 3.14. The van der Waals surface area contributed by atoms with Crippen LogP contribution in [0.2, 0.25) is 0 Å². The molecule has 4 rings (SSSR count). The number of aryl methyl sites for hydroxylation is 1. The molecular formula is C20H23ClN2O. The van der Waals surface area contributed by atoms with Crippen LogP contribution in [0.4, 0.5) is 0 Å². The van der Waals surface area contributed by atoms with Crippen LogP contribution in [0.15, 0.2) is 48.5 Å². The van der Waals surface area contributed by atoms with Crippen molar-refractivity contribution in [2.45, 2.75) is 31.8 Å². The van der Waals surface area contributed by atoms with Crippen molar-refractivity contribution in [3.05, 3.63) is 65.4 Å². The normalized spacial score (nSPS) is 16.5. The van der Waals surface area contributed by atoms with Gasteiger partial charge in [0, 0.05) is 29.2 Å². The van der Waals surface area contributed by atoms with Gasteiger partial charge in [-0.1, -0.05) is 30.3 Å². The molecule has 1 atom stereocenters. The highest BCUT2D eigenvalue weighted by atomic mass is 35.5. The zero-order chi connectivity index (χ0) is 15.6. The van der Waals surface area contributed by atoms with Crippen molar-refractivity contribution < 1.29 is 4.74 Å². The number of benzene rings is 2. The van der Waals surface area contributed by atoms with Crippen LogP contribution in [0.25, 0.3) is 10.9 Å². The predicted octanol–water partition coefficient (Wildman–Crippen LogP) is 4.77. The van der Waals surface area contributed by atoms with Crippen LogP contribution in [0.5, 0.6) is 5.75 Å². The molecule has 0 saturated heterocycles. The number of hydrogen-bond donors (Lipinski definition) is 2. The summed E-state index contributed by atoms with van der Waals surface area (Å²) in [4.78, 5) is 3.64. The molecule has 0 spiro atoms. The second-order valence-corrected chi connectivity index (χ2v) is 6.24. The van der Waals surface area contributed by atoms with Gasteiger partial charge in [0.05, 0.1) is 7.11 Å². The molecule has 3 nitrogen and oxygen atoms in total. The van der Waals surface area contributed by atoms with Gasteiger partial charge in [0.25, 0.3) is 0 Å². The molecule has 0 saturated carbocycles. The Bertz CT molecular complexity index is 810. The molecule has 0 aliphatic heterocycles. The number of aromatic amines is 1. The zero-order valence-corrected chi connectivity index (χ0v) is 14.7. The molecule has 3 aromatic rings. The van der Waals surface area contributed by atoms with Gasteiger partial charge in [-0.3, -0.25) is 0 Å². The highest BCUT2D eigenvalue weighted by molar-refractivity contribution is 5.85. The molecule has 1 unspecified atom stereocenters. The largest absolute Gasteiger partial charge is 0.497 e. The first kappa shape index (κ1) is 16.9. The highest BCUT2D eigenvalue weighted by Gasteiger charge is 2.23. The summed E-state index contributed by atoms with van der Waals surface area (Å²) in [5.74, 6) is 0.907. The molecule has 0 amide bonds. The summed E-state index contributed by atoms with van der Waals surface area (Å²) in [6.07, 6.45) is 3.62. The monoisotopic (exact) mass is 342 g/mol. The average molecular weight is 343 g/mol. The molecule has 1 aliphatic rings. The molecular weight excluding hydrogens is 320 g/mol. The van der Waals surface area contributed by atoms with E-state index in [1.807, 2.05) is 12.1 Å². The molecule has 0 radical (unpaired) electrons. The summed E-state index contributed by atoms with van der Waals surface area (Å²) in [6.45, 7) is 0.878. The van der Waals surface area contributed by atoms with Crippen LogP contribution in [0.3, 0.4) is 0 Å². The van der Waals surface area contributed by atoms with Crippen LogP contribution in [-0.2, 0) is 13.0 Å². The van der Waals surface area contributed by atoms with E-state index in [1.54, 1.807) is 7.11 Å². The number of fused-ring (bicyclic) bond motifs is 3. The summed E-state index contributed by atoms with van der Waals surface area (Å²) in [7, 11) is 1.70. The fourth-order valence-corrected chi connectivity index (χ4v) is 3.60. The lowest BCUT2D eigenvalue weighted by Gasteiger charge is -2.24.